The molecule has 2 aliphatic rings. The lowest BCUT2D eigenvalue weighted by molar-refractivity contribution is -0.131. The number of allylic oxidation sites excluding steroid dienone is 1. The van der Waals surface area contributed by atoms with Crippen LogP contribution >= 0.6 is 0 Å². The van der Waals surface area contributed by atoms with Crippen molar-refractivity contribution in [3.8, 4) is 0 Å². The third kappa shape index (κ3) is 2.93. The zero-order valence-electron chi connectivity index (χ0n) is 12.2. The van der Waals surface area contributed by atoms with Crippen LogP contribution in [0.5, 0.6) is 0 Å². The summed E-state index contributed by atoms with van der Waals surface area (Å²) in [5.41, 5.74) is 2.14. The Morgan fingerprint density at radius 3 is 2.73 bits per heavy atom. The van der Waals surface area contributed by atoms with Gasteiger partial charge in [-0.25, -0.2) is 0 Å². The van der Waals surface area contributed by atoms with Crippen LogP contribution in [0.1, 0.15) is 31.2 Å². The van der Waals surface area contributed by atoms with E-state index in [2.05, 4.69) is 10.6 Å². The molecular formula is C17H18N2O3. The average Bonchev–Trinajstić information content (AvgIpc) is 2.53. The number of Topliss-reactive ketones (excluding diaryl/α,β-unsaturated/α-hetero) is 1. The molecule has 114 valence electrons. The maximum atomic E-state index is 12.4. The van der Waals surface area contributed by atoms with Gasteiger partial charge in [0.2, 0.25) is 11.8 Å². The summed E-state index contributed by atoms with van der Waals surface area (Å²) in [6.07, 6.45) is 1.90. The largest absolute Gasteiger partial charge is 0.351 e. The first-order valence-corrected chi connectivity index (χ1v) is 7.53. The van der Waals surface area contributed by atoms with Crippen molar-refractivity contribution in [1.29, 1.82) is 0 Å². The summed E-state index contributed by atoms with van der Waals surface area (Å²) in [4.78, 5) is 36.4. The van der Waals surface area contributed by atoms with Crippen LogP contribution in [0.4, 0.5) is 0 Å². The molecule has 1 aliphatic carbocycles. The van der Waals surface area contributed by atoms with E-state index in [1.165, 1.54) is 0 Å². The predicted molar refractivity (Wildman–Crippen MR) is 80.4 cm³/mol. The number of ketones is 1. The third-order valence-electron chi connectivity index (χ3n) is 4.11. The van der Waals surface area contributed by atoms with Gasteiger partial charge in [-0.3, -0.25) is 14.4 Å². The summed E-state index contributed by atoms with van der Waals surface area (Å²) in [6, 6.07) is 9.56. The van der Waals surface area contributed by atoms with Crippen LogP contribution in [-0.4, -0.2) is 17.6 Å². The van der Waals surface area contributed by atoms with E-state index in [1.807, 2.05) is 30.3 Å². The molecule has 1 atom stereocenters. The topological polar surface area (TPSA) is 75.3 Å². The van der Waals surface area contributed by atoms with E-state index in [0.29, 0.717) is 30.7 Å². The molecule has 0 saturated heterocycles. The van der Waals surface area contributed by atoms with Gasteiger partial charge in [-0.15, -0.1) is 0 Å². The number of carbonyl (C=O) groups is 3. The smallest absolute Gasteiger partial charge is 0.228 e. The first-order chi connectivity index (χ1) is 10.6. The minimum atomic E-state index is -0.653. The molecule has 0 bridgehead atoms. The number of benzene rings is 1. The summed E-state index contributed by atoms with van der Waals surface area (Å²) >= 11 is 0. The Bertz CT molecular complexity index is 649. The van der Waals surface area contributed by atoms with E-state index < -0.39 is 5.92 Å². The molecule has 1 aromatic carbocycles. The van der Waals surface area contributed by atoms with Crippen molar-refractivity contribution in [2.24, 2.45) is 5.92 Å². The Kier molecular flexibility index (Phi) is 4.04. The zero-order valence-corrected chi connectivity index (χ0v) is 12.2. The lowest BCUT2D eigenvalue weighted by Crippen LogP contribution is -2.43. The third-order valence-corrected chi connectivity index (χ3v) is 4.11. The van der Waals surface area contributed by atoms with Crippen LogP contribution in [0.15, 0.2) is 41.6 Å². The SMILES string of the molecule is O=C1C[C@@H](C(=O)NCc2ccccc2)C2=C(CCCC2=O)N1. The number of amides is 2. The number of rotatable bonds is 3. The minimum Gasteiger partial charge on any atom is -0.351 e. The van der Waals surface area contributed by atoms with Crippen molar-refractivity contribution in [2.45, 2.75) is 32.2 Å². The highest BCUT2D eigenvalue weighted by molar-refractivity contribution is 6.06. The maximum absolute atomic E-state index is 12.4. The Hall–Kier alpha value is -2.43. The lowest BCUT2D eigenvalue weighted by atomic mass is 9.81. The molecule has 0 spiro atoms. The van der Waals surface area contributed by atoms with Gasteiger partial charge in [-0.1, -0.05) is 30.3 Å². The molecule has 1 heterocycles. The molecule has 1 aliphatic heterocycles. The Morgan fingerprint density at radius 1 is 1.18 bits per heavy atom. The molecular weight excluding hydrogens is 280 g/mol. The van der Waals surface area contributed by atoms with Crippen LogP contribution in [0.3, 0.4) is 0 Å². The Labute approximate surface area is 128 Å². The summed E-state index contributed by atoms with van der Waals surface area (Å²) < 4.78 is 0. The van der Waals surface area contributed by atoms with Crippen molar-refractivity contribution >= 4 is 17.6 Å². The van der Waals surface area contributed by atoms with Crippen molar-refractivity contribution in [3.63, 3.8) is 0 Å². The second-order valence-electron chi connectivity index (χ2n) is 5.68. The normalized spacial score (nSPS) is 21.2. The van der Waals surface area contributed by atoms with Gasteiger partial charge < -0.3 is 10.6 Å². The molecule has 2 amide bonds. The highest BCUT2D eigenvalue weighted by atomic mass is 16.2. The van der Waals surface area contributed by atoms with Gasteiger partial charge >= 0.3 is 0 Å². The fourth-order valence-electron chi connectivity index (χ4n) is 3.04. The van der Waals surface area contributed by atoms with E-state index in [9.17, 15) is 14.4 Å². The number of nitrogens with one attached hydrogen (secondary N) is 2. The minimum absolute atomic E-state index is 0.0129. The standard InChI is InChI=1S/C17H18N2O3/c20-14-8-4-7-13-16(14)12(9-15(21)19-13)17(22)18-10-11-5-2-1-3-6-11/h1-3,5-6,12H,4,7-10H2,(H,18,22)(H,19,21)/t12-/m1/s1. The molecule has 0 radical (unpaired) electrons. The monoisotopic (exact) mass is 298 g/mol. The molecule has 5 heteroatoms. The van der Waals surface area contributed by atoms with Gasteiger partial charge in [0.25, 0.3) is 0 Å². The number of carbonyl (C=O) groups excluding carboxylic acids is 3. The summed E-state index contributed by atoms with van der Waals surface area (Å²) in [6.45, 7) is 0.397. The van der Waals surface area contributed by atoms with Crippen LogP contribution < -0.4 is 10.6 Å². The lowest BCUT2D eigenvalue weighted by Gasteiger charge is -2.30. The molecule has 22 heavy (non-hydrogen) atoms. The van der Waals surface area contributed by atoms with Gasteiger partial charge in [0.15, 0.2) is 5.78 Å². The van der Waals surface area contributed by atoms with Crippen LogP contribution in [-0.2, 0) is 20.9 Å². The molecule has 0 fully saturated rings. The van der Waals surface area contributed by atoms with Crippen molar-refractivity contribution < 1.29 is 14.4 Å². The van der Waals surface area contributed by atoms with E-state index in [1.54, 1.807) is 0 Å². The molecule has 1 aromatic rings. The Morgan fingerprint density at radius 2 is 1.95 bits per heavy atom. The highest BCUT2D eigenvalue weighted by Crippen LogP contribution is 2.31. The molecule has 3 rings (SSSR count). The Balaban J connectivity index is 1.75. The van der Waals surface area contributed by atoms with E-state index >= 15 is 0 Å². The van der Waals surface area contributed by atoms with Gasteiger partial charge in [-0.2, -0.15) is 0 Å². The molecule has 2 N–H and O–H groups in total. The summed E-state index contributed by atoms with van der Waals surface area (Å²) in [5.74, 6) is -1.10. The van der Waals surface area contributed by atoms with Gasteiger partial charge in [0, 0.05) is 30.7 Å². The fourth-order valence-corrected chi connectivity index (χ4v) is 3.04. The summed E-state index contributed by atoms with van der Waals surface area (Å²) in [5, 5.41) is 5.58. The first-order valence-electron chi connectivity index (χ1n) is 7.53. The van der Waals surface area contributed by atoms with Crippen molar-refractivity contribution in [3.05, 3.63) is 47.2 Å². The van der Waals surface area contributed by atoms with Gasteiger partial charge in [0.05, 0.1) is 5.92 Å². The number of hydrogen-bond acceptors (Lipinski definition) is 3. The molecule has 0 aromatic heterocycles. The maximum Gasteiger partial charge on any atom is 0.228 e. The van der Waals surface area contributed by atoms with Crippen molar-refractivity contribution in [2.75, 3.05) is 0 Å². The summed E-state index contributed by atoms with van der Waals surface area (Å²) in [7, 11) is 0. The van der Waals surface area contributed by atoms with Gasteiger partial charge in [-0.05, 0) is 18.4 Å². The van der Waals surface area contributed by atoms with Crippen molar-refractivity contribution in [1.82, 2.24) is 10.6 Å². The zero-order chi connectivity index (χ0) is 15.5. The van der Waals surface area contributed by atoms with E-state index in [-0.39, 0.29) is 24.0 Å². The van der Waals surface area contributed by atoms with Crippen LogP contribution in [0, 0.1) is 5.92 Å². The number of hydrogen-bond donors (Lipinski definition) is 2. The quantitative estimate of drug-likeness (QED) is 0.887. The average molecular weight is 298 g/mol. The molecule has 0 unspecified atom stereocenters. The predicted octanol–water partition coefficient (Wildman–Crippen LogP) is 1.45. The van der Waals surface area contributed by atoms with Crippen LogP contribution in [0.2, 0.25) is 0 Å². The second-order valence-corrected chi connectivity index (χ2v) is 5.68. The fraction of sp³-hybridized carbons (Fsp3) is 0.353. The van der Waals surface area contributed by atoms with Gasteiger partial charge in [0.1, 0.15) is 0 Å². The van der Waals surface area contributed by atoms with Crippen LogP contribution in [0.25, 0.3) is 0 Å². The molecule has 0 saturated carbocycles. The van der Waals surface area contributed by atoms with E-state index in [0.717, 1.165) is 12.0 Å². The highest BCUT2D eigenvalue weighted by Gasteiger charge is 2.37. The van der Waals surface area contributed by atoms with E-state index in [4.69, 9.17) is 0 Å². The first kappa shape index (κ1) is 14.5. The second kappa shape index (κ2) is 6.13. The molecule has 5 nitrogen and oxygen atoms in total.